The highest BCUT2D eigenvalue weighted by molar-refractivity contribution is 5.85. The van der Waals surface area contributed by atoms with E-state index in [9.17, 15) is 0 Å². The molecule has 1 saturated carbocycles. The van der Waals surface area contributed by atoms with Crippen molar-refractivity contribution in [3.8, 4) is 0 Å². The third-order valence-corrected chi connectivity index (χ3v) is 5.05. The Hall–Kier alpha value is -1.06. The molecule has 0 radical (unpaired) electrons. The molecule has 138 valence electrons. The van der Waals surface area contributed by atoms with Crippen LogP contribution in [0.25, 0.3) is 0 Å². The van der Waals surface area contributed by atoms with Crippen molar-refractivity contribution in [2.75, 3.05) is 6.54 Å². The lowest BCUT2D eigenvalue weighted by molar-refractivity contribution is 0.272. The van der Waals surface area contributed by atoms with E-state index in [-0.39, 0.29) is 24.8 Å². The molecule has 4 heteroatoms. The second kappa shape index (κ2) is 10.8. The number of nitrogens with two attached hydrogens (primary N) is 1. The minimum atomic E-state index is -0.500. The lowest BCUT2D eigenvalue weighted by Gasteiger charge is -2.34. The minimum absolute atomic E-state index is 0. The van der Waals surface area contributed by atoms with Crippen molar-refractivity contribution in [1.82, 2.24) is 5.32 Å². The second-order valence-corrected chi connectivity index (χ2v) is 6.88. The summed E-state index contributed by atoms with van der Waals surface area (Å²) in [5, 5.41) is 3.71. The van der Waals surface area contributed by atoms with Crippen molar-refractivity contribution >= 4 is 24.8 Å². The smallest absolute Gasteiger partial charge is 0.0966 e. The molecule has 0 spiro atoms. The van der Waals surface area contributed by atoms with E-state index in [1.165, 1.54) is 43.2 Å². The van der Waals surface area contributed by atoms with Crippen LogP contribution in [0.2, 0.25) is 0 Å². The molecule has 3 rings (SSSR count). The number of benzene rings is 2. The molecule has 2 aromatic rings. The fourth-order valence-electron chi connectivity index (χ4n) is 3.64. The van der Waals surface area contributed by atoms with Crippen LogP contribution >= 0.6 is 24.8 Å². The first-order chi connectivity index (χ1) is 11.3. The minimum Gasteiger partial charge on any atom is -0.309 e. The summed E-state index contributed by atoms with van der Waals surface area (Å²) in [6.45, 7) is 1.01. The fraction of sp³-hybridized carbons (Fsp3) is 0.429. The second-order valence-electron chi connectivity index (χ2n) is 6.88. The van der Waals surface area contributed by atoms with Crippen molar-refractivity contribution < 1.29 is 0 Å². The van der Waals surface area contributed by atoms with Crippen LogP contribution in [0.15, 0.2) is 60.7 Å². The molecular weight excluding hydrogens is 351 g/mol. The molecule has 2 nitrogen and oxygen atoms in total. The van der Waals surface area contributed by atoms with E-state index >= 15 is 0 Å². The Bertz CT molecular complexity index is 585. The zero-order valence-electron chi connectivity index (χ0n) is 14.7. The van der Waals surface area contributed by atoms with E-state index in [1.54, 1.807) is 0 Å². The van der Waals surface area contributed by atoms with E-state index in [0.29, 0.717) is 0 Å². The maximum absolute atomic E-state index is 6.86. The van der Waals surface area contributed by atoms with Crippen LogP contribution in [0.5, 0.6) is 0 Å². The molecule has 1 atom stereocenters. The van der Waals surface area contributed by atoms with E-state index in [0.717, 1.165) is 18.9 Å². The van der Waals surface area contributed by atoms with E-state index < -0.39 is 5.66 Å². The summed E-state index contributed by atoms with van der Waals surface area (Å²) in [4.78, 5) is 0. The lowest BCUT2D eigenvalue weighted by Crippen LogP contribution is -2.53. The number of hydrogen-bond acceptors (Lipinski definition) is 2. The summed E-state index contributed by atoms with van der Waals surface area (Å²) in [5.41, 5.74) is 8.80. The number of rotatable bonds is 6. The molecule has 2 aromatic carbocycles. The third kappa shape index (κ3) is 6.31. The van der Waals surface area contributed by atoms with Gasteiger partial charge in [-0.25, -0.2) is 0 Å². The molecule has 1 fully saturated rings. The first-order valence-corrected chi connectivity index (χ1v) is 8.90. The Morgan fingerprint density at radius 1 is 0.840 bits per heavy atom. The molecule has 1 aliphatic carbocycles. The summed E-state index contributed by atoms with van der Waals surface area (Å²) in [5.74, 6) is 0.770. The quantitative estimate of drug-likeness (QED) is 0.687. The first-order valence-electron chi connectivity index (χ1n) is 8.90. The van der Waals surface area contributed by atoms with Crippen molar-refractivity contribution in [1.29, 1.82) is 0 Å². The van der Waals surface area contributed by atoms with Gasteiger partial charge in [0.1, 0.15) is 0 Å². The van der Waals surface area contributed by atoms with Crippen LogP contribution in [0.3, 0.4) is 0 Å². The molecule has 0 heterocycles. The molecular formula is C21H30Cl2N2. The highest BCUT2D eigenvalue weighted by Gasteiger charge is 2.28. The first kappa shape index (κ1) is 22.0. The SMILES string of the molecule is Cl.Cl.NC(Cc1ccccc1)(NCC1CCCCC1)c1ccccc1. The standard InChI is InChI=1S/C21H28N2.2ClH/c22-21(20-14-8-3-9-15-20,16-18-10-4-1-5-11-18)23-17-19-12-6-2-7-13-19;;/h1,3-5,8-11,14-15,19,23H,2,6-7,12-13,16-17,22H2;2*1H. The van der Waals surface area contributed by atoms with Crippen LogP contribution < -0.4 is 11.1 Å². The van der Waals surface area contributed by atoms with Gasteiger partial charge in [0.2, 0.25) is 0 Å². The third-order valence-electron chi connectivity index (χ3n) is 5.05. The van der Waals surface area contributed by atoms with E-state index in [2.05, 4.69) is 59.9 Å². The monoisotopic (exact) mass is 380 g/mol. The fourth-order valence-corrected chi connectivity index (χ4v) is 3.64. The van der Waals surface area contributed by atoms with E-state index in [4.69, 9.17) is 5.73 Å². The molecule has 0 aromatic heterocycles. The van der Waals surface area contributed by atoms with Gasteiger partial charge in [-0.2, -0.15) is 0 Å². The van der Waals surface area contributed by atoms with Gasteiger partial charge in [0.05, 0.1) is 5.66 Å². The normalized spacial score (nSPS) is 17.0. The Kier molecular flexibility index (Phi) is 9.52. The number of halogens is 2. The van der Waals surface area contributed by atoms with Crippen LogP contribution in [-0.4, -0.2) is 6.54 Å². The molecule has 0 saturated heterocycles. The van der Waals surface area contributed by atoms with E-state index in [1.807, 2.05) is 6.07 Å². The van der Waals surface area contributed by atoms with Gasteiger partial charge in [-0.3, -0.25) is 5.32 Å². The average Bonchev–Trinajstić information content (AvgIpc) is 2.63. The molecule has 0 bridgehead atoms. The van der Waals surface area contributed by atoms with Crippen LogP contribution in [0, 0.1) is 5.92 Å². The van der Waals surface area contributed by atoms with Crippen LogP contribution in [0.4, 0.5) is 0 Å². The molecule has 0 aliphatic heterocycles. The van der Waals surface area contributed by atoms with Gasteiger partial charge in [-0.15, -0.1) is 24.8 Å². The topological polar surface area (TPSA) is 38.0 Å². The molecule has 25 heavy (non-hydrogen) atoms. The molecule has 1 aliphatic rings. The van der Waals surface area contributed by atoms with Gasteiger partial charge in [-0.1, -0.05) is 79.9 Å². The largest absolute Gasteiger partial charge is 0.309 e. The van der Waals surface area contributed by atoms with Crippen molar-refractivity contribution in [3.05, 3.63) is 71.8 Å². The Morgan fingerprint density at radius 2 is 1.40 bits per heavy atom. The summed E-state index contributed by atoms with van der Waals surface area (Å²) in [6.07, 6.45) is 7.62. The summed E-state index contributed by atoms with van der Waals surface area (Å²) < 4.78 is 0. The summed E-state index contributed by atoms with van der Waals surface area (Å²) in [7, 11) is 0. The van der Waals surface area contributed by atoms with Crippen LogP contribution in [0.1, 0.15) is 43.2 Å². The van der Waals surface area contributed by atoms with Gasteiger partial charge in [-0.05, 0) is 36.4 Å². The molecule has 1 unspecified atom stereocenters. The Morgan fingerprint density at radius 3 is 2.00 bits per heavy atom. The van der Waals surface area contributed by atoms with Gasteiger partial charge < -0.3 is 5.73 Å². The highest BCUT2D eigenvalue weighted by Crippen LogP contribution is 2.26. The van der Waals surface area contributed by atoms with Gasteiger partial charge in [0.25, 0.3) is 0 Å². The summed E-state index contributed by atoms with van der Waals surface area (Å²) >= 11 is 0. The maximum atomic E-state index is 6.86. The zero-order chi connectivity index (χ0) is 16.0. The predicted molar refractivity (Wildman–Crippen MR) is 112 cm³/mol. The van der Waals surface area contributed by atoms with Gasteiger partial charge >= 0.3 is 0 Å². The zero-order valence-corrected chi connectivity index (χ0v) is 16.3. The van der Waals surface area contributed by atoms with Crippen molar-refractivity contribution in [2.24, 2.45) is 11.7 Å². The van der Waals surface area contributed by atoms with Gasteiger partial charge in [0, 0.05) is 6.42 Å². The molecule has 0 amide bonds. The highest BCUT2D eigenvalue weighted by atomic mass is 35.5. The van der Waals surface area contributed by atoms with Gasteiger partial charge in [0.15, 0.2) is 0 Å². The number of hydrogen-bond donors (Lipinski definition) is 2. The predicted octanol–water partition coefficient (Wildman–Crippen LogP) is 5.05. The van der Waals surface area contributed by atoms with Crippen LogP contribution in [-0.2, 0) is 12.1 Å². The molecule has 3 N–H and O–H groups in total. The lowest BCUT2D eigenvalue weighted by atomic mass is 9.87. The average molecular weight is 381 g/mol. The van der Waals surface area contributed by atoms with Crippen molar-refractivity contribution in [2.45, 2.75) is 44.2 Å². The maximum Gasteiger partial charge on any atom is 0.0966 e. The van der Waals surface area contributed by atoms with Crippen molar-refractivity contribution in [3.63, 3.8) is 0 Å². The number of nitrogens with one attached hydrogen (secondary N) is 1. The summed E-state index contributed by atoms with van der Waals surface area (Å²) in [6, 6.07) is 21.0. The Labute approximate surface area is 164 Å². The Balaban J connectivity index is 0.00000156.